The minimum Gasteiger partial charge on any atom is -0.482 e. The highest BCUT2D eigenvalue weighted by Crippen LogP contribution is 2.22. The molecule has 28 heavy (non-hydrogen) atoms. The van der Waals surface area contributed by atoms with E-state index in [9.17, 15) is 14.4 Å². The van der Waals surface area contributed by atoms with Gasteiger partial charge < -0.3 is 14.4 Å². The van der Waals surface area contributed by atoms with Crippen LogP contribution in [0.2, 0.25) is 5.02 Å². The van der Waals surface area contributed by atoms with E-state index < -0.39 is 5.97 Å². The summed E-state index contributed by atoms with van der Waals surface area (Å²) in [5.41, 5.74) is 2.02. The number of carbonyl (C=O) groups is 3. The van der Waals surface area contributed by atoms with Crippen molar-refractivity contribution >= 4 is 34.9 Å². The van der Waals surface area contributed by atoms with Gasteiger partial charge in [0.2, 0.25) is 5.91 Å². The van der Waals surface area contributed by atoms with E-state index in [2.05, 4.69) is 0 Å². The fourth-order valence-corrected chi connectivity index (χ4v) is 2.99. The summed E-state index contributed by atoms with van der Waals surface area (Å²) in [6.07, 6.45) is 1.39. The van der Waals surface area contributed by atoms with Crippen molar-refractivity contribution < 1.29 is 23.9 Å². The lowest BCUT2D eigenvalue weighted by atomic mass is 10.1. The Balaban J connectivity index is 1.47. The van der Waals surface area contributed by atoms with E-state index in [0.29, 0.717) is 29.3 Å². The van der Waals surface area contributed by atoms with Gasteiger partial charge in [-0.2, -0.15) is 0 Å². The number of hydrogen-bond acceptors (Lipinski definition) is 5. The maximum absolute atomic E-state index is 12.2. The maximum atomic E-state index is 12.2. The summed E-state index contributed by atoms with van der Waals surface area (Å²) in [5.74, 6) is -0.378. The first-order chi connectivity index (χ1) is 13.4. The van der Waals surface area contributed by atoms with E-state index >= 15 is 0 Å². The fraction of sp³-hybridized carbons (Fsp3) is 0.286. The standard InChI is InChI=1S/C21H20ClNO5/c1-14-11-17(8-9-18(14)22)27-13-21(26)28-12-19(24)15-4-6-16(7-5-15)23-10-2-3-20(23)25/h4-9,11H,2-3,10,12-13H2,1H3. The number of aryl methyl sites for hydroxylation is 1. The highest BCUT2D eigenvalue weighted by atomic mass is 35.5. The Labute approximate surface area is 168 Å². The summed E-state index contributed by atoms with van der Waals surface area (Å²) in [6, 6.07) is 11.8. The first kappa shape index (κ1) is 19.9. The van der Waals surface area contributed by atoms with E-state index in [1.54, 1.807) is 47.4 Å². The molecule has 0 unspecified atom stereocenters. The molecule has 0 bridgehead atoms. The zero-order chi connectivity index (χ0) is 20.1. The molecule has 0 saturated carbocycles. The zero-order valence-electron chi connectivity index (χ0n) is 15.4. The van der Waals surface area contributed by atoms with Crippen molar-refractivity contribution in [1.82, 2.24) is 0 Å². The normalized spacial score (nSPS) is 13.5. The van der Waals surface area contributed by atoms with Crippen LogP contribution in [-0.2, 0) is 14.3 Å². The van der Waals surface area contributed by atoms with Crippen LogP contribution in [0.25, 0.3) is 0 Å². The molecule has 3 rings (SSSR count). The summed E-state index contributed by atoms with van der Waals surface area (Å²) in [6.45, 7) is 1.85. The van der Waals surface area contributed by atoms with Crippen molar-refractivity contribution in [3.63, 3.8) is 0 Å². The molecule has 1 amide bonds. The van der Waals surface area contributed by atoms with E-state index in [0.717, 1.165) is 17.7 Å². The molecule has 2 aromatic rings. The van der Waals surface area contributed by atoms with Gasteiger partial charge in [0, 0.05) is 29.2 Å². The molecule has 0 aliphatic carbocycles. The van der Waals surface area contributed by atoms with Gasteiger partial charge in [-0.05, 0) is 61.4 Å². The lowest BCUT2D eigenvalue weighted by molar-refractivity contribution is -0.144. The number of anilines is 1. The van der Waals surface area contributed by atoms with E-state index in [1.807, 2.05) is 6.92 Å². The third-order valence-electron chi connectivity index (χ3n) is 4.42. The van der Waals surface area contributed by atoms with Crippen LogP contribution in [0.1, 0.15) is 28.8 Å². The van der Waals surface area contributed by atoms with Crippen LogP contribution < -0.4 is 9.64 Å². The number of benzene rings is 2. The van der Waals surface area contributed by atoms with Crippen LogP contribution in [0.5, 0.6) is 5.75 Å². The van der Waals surface area contributed by atoms with Gasteiger partial charge in [-0.1, -0.05) is 11.6 Å². The molecule has 1 aliphatic rings. The Morgan fingerprint density at radius 3 is 2.50 bits per heavy atom. The molecule has 1 fully saturated rings. The van der Waals surface area contributed by atoms with Gasteiger partial charge in [0.15, 0.2) is 19.0 Å². The average Bonchev–Trinajstić information content (AvgIpc) is 3.13. The Hall–Kier alpha value is -2.86. The number of halogens is 1. The van der Waals surface area contributed by atoms with Crippen molar-refractivity contribution in [3.8, 4) is 5.75 Å². The number of amides is 1. The van der Waals surface area contributed by atoms with Gasteiger partial charge in [-0.25, -0.2) is 4.79 Å². The lowest BCUT2D eigenvalue weighted by Crippen LogP contribution is -2.23. The van der Waals surface area contributed by atoms with Crippen molar-refractivity contribution in [1.29, 1.82) is 0 Å². The van der Waals surface area contributed by atoms with E-state index in [4.69, 9.17) is 21.1 Å². The molecule has 6 nitrogen and oxygen atoms in total. The summed E-state index contributed by atoms with van der Waals surface area (Å²) in [5, 5.41) is 0.612. The van der Waals surface area contributed by atoms with Crippen molar-refractivity contribution in [3.05, 3.63) is 58.6 Å². The summed E-state index contributed by atoms with van der Waals surface area (Å²) < 4.78 is 10.3. The first-order valence-corrected chi connectivity index (χ1v) is 9.30. The SMILES string of the molecule is Cc1cc(OCC(=O)OCC(=O)c2ccc(N3CCCC3=O)cc2)ccc1Cl. The number of ether oxygens (including phenoxy) is 2. The van der Waals surface area contributed by atoms with Gasteiger partial charge >= 0.3 is 5.97 Å². The van der Waals surface area contributed by atoms with Crippen LogP contribution >= 0.6 is 11.6 Å². The monoisotopic (exact) mass is 401 g/mol. The Morgan fingerprint density at radius 2 is 1.86 bits per heavy atom. The topological polar surface area (TPSA) is 72.9 Å². The third kappa shape index (κ3) is 4.89. The number of hydrogen-bond donors (Lipinski definition) is 0. The molecule has 1 aliphatic heterocycles. The summed E-state index contributed by atoms with van der Waals surface area (Å²) in [7, 11) is 0. The van der Waals surface area contributed by atoms with Crippen molar-refractivity contribution in [2.45, 2.75) is 19.8 Å². The van der Waals surface area contributed by atoms with Gasteiger partial charge in [0.1, 0.15) is 5.75 Å². The lowest BCUT2D eigenvalue weighted by Gasteiger charge is -2.15. The van der Waals surface area contributed by atoms with Gasteiger partial charge in [-0.3, -0.25) is 9.59 Å². The summed E-state index contributed by atoms with van der Waals surface area (Å²) in [4.78, 5) is 37.4. The van der Waals surface area contributed by atoms with Gasteiger partial charge in [-0.15, -0.1) is 0 Å². The van der Waals surface area contributed by atoms with E-state index in [-0.39, 0.29) is 24.9 Å². The molecule has 0 spiro atoms. The minimum atomic E-state index is -0.639. The largest absolute Gasteiger partial charge is 0.482 e. The second-order valence-electron chi connectivity index (χ2n) is 6.48. The smallest absolute Gasteiger partial charge is 0.344 e. The quantitative estimate of drug-likeness (QED) is 0.523. The highest BCUT2D eigenvalue weighted by molar-refractivity contribution is 6.31. The molecule has 0 radical (unpaired) electrons. The number of ketones is 1. The highest BCUT2D eigenvalue weighted by Gasteiger charge is 2.21. The molecule has 1 saturated heterocycles. The maximum Gasteiger partial charge on any atom is 0.344 e. The Bertz CT molecular complexity index is 894. The molecule has 1 heterocycles. The molecule has 146 valence electrons. The predicted molar refractivity (Wildman–Crippen MR) is 105 cm³/mol. The van der Waals surface area contributed by atoms with Crippen LogP contribution in [0, 0.1) is 6.92 Å². The second-order valence-corrected chi connectivity index (χ2v) is 6.89. The summed E-state index contributed by atoms with van der Waals surface area (Å²) >= 11 is 5.94. The van der Waals surface area contributed by atoms with Crippen LogP contribution in [0.4, 0.5) is 5.69 Å². The average molecular weight is 402 g/mol. The molecule has 2 aromatic carbocycles. The first-order valence-electron chi connectivity index (χ1n) is 8.92. The van der Waals surface area contributed by atoms with Gasteiger partial charge in [0.05, 0.1) is 0 Å². The Kier molecular flexibility index (Phi) is 6.31. The van der Waals surface area contributed by atoms with Crippen LogP contribution in [-0.4, -0.2) is 37.4 Å². The fourth-order valence-electron chi connectivity index (χ4n) is 2.87. The van der Waals surface area contributed by atoms with Crippen molar-refractivity contribution in [2.24, 2.45) is 0 Å². The number of Topliss-reactive ketones (excluding diaryl/α,β-unsaturated/α-hetero) is 1. The predicted octanol–water partition coefficient (Wildman–Crippen LogP) is 3.58. The van der Waals surface area contributed by atoms with Crippen LogP contribution in [0.15, 0.2) is 42.5 Å². The molecule has 0 aromatic heterocycles. The molecule has 7 heteroatoms. The Morgan fingerprint density at radius 1 is 1.11 bits per heavy atom. The van der Waals surface area contributed by atoms with E-state index in [1.165, 1.54) is 0 Å². The van der Waals surface area contributed by atoms with Crippen molar-refractivity contribution in [2.75, 3.05) is 24.7 Å². The number of rotatable bonds is 7. The molecule has 0 N–H and O–H groups in total. The van der Waals surface area contributed by atoms with Crippen LogP contribution in [0.3, 0.4) is 0 Å². The molecule has 0 atom stereocenters. The molecular weight excluding hydrogens is 382 g/mol. The zero-order valence-corrected chi connectivity index (χ0v) is 16.2. The third-order valence-corrected chi connectivity index (χ3v) is 4.85. The molecular formula is C21H20ClNO5. The minimum absolute atomic E-state index is 0.0869. The van der Waals surface area contributed by atoms with Gasteiger partial charge in [0.25, 0.3) is 0 Å². The second kappa shape index (κ2) is 8.89. The number of carbonyl (C=O) groups excluding carboxylic acids is 3. The number of nitrogens with zero attached hydrogens (tertiary/aromatic N) is 1. The number of esters is 1.